The van der Waals surface area contributed by atoms with Crippen LogP contribution in [0.3, 0.4) is 0 Å². The number of aromatic nitrogens is 1. The summed E-state index contributed by atoms with van der Waals surface area (Å²) in [5.74, 6) is -1.57. The molecule has 3 rings (SSSR count). The number of urea groups is 1. The molecule has 0 aliphatic carbocycles. The topological polar surface area (TPSA) is 77.0 Å². The molecule has 27 heavy (non-hydrogen) atoms. The Bertz CT molecular complexity index is 820. The molecule has 8 heteroatoms. The smallest absolute Gasteiger partial charge is 0.337 e. The standard InChI is InChI=1S/C19H21FN4O3/c1-22-8-10-23(11-9-22)19(27)24(17-5-3-2-4-16(17)20)13-15-7-6-14(12-21-15)18(25)26/h2-7,12H,8-11,13H2,1H3,(H,25,26). The van der Waals surface area contributed by atoms with Crippen molar-refractivity contribution in [2.75, 3.05) is 38.1 Å². The average molecular weight is 372 g/mol. The first-order valence-corrected chi connectivity index (χ1v) is 8.63. The number of likely N-dealkylation sites (N-methyl/N-ethyl adjacent to an activating group) is 1. The number of benzene rings is 1. The summed E-state index contributed by atoms with van der Waals surface area (Å²) in [7, 11) is 1.99. The van der Waals surface area contributed by atoms with Crippen LogP contribution in [-0.2, 0) is 6.54 Å². The monoisotopic (exact) mass is 372 g/mol. The van der Waals surface area contributed by atoms with Crippen LogP contribution < -0.4 is 4.90 Å². The first-order valence-electron chi connectivity index (χ1n) is 8.63. The molecule has 2 aromatic rings. The van der Waals surface area contributed by atoms with E-state index in [1.807, 2.05) is 7.05 Å². The fourth-order valence-corrected chi connectivity index (χ4v) is 2.90. The van der Waals surface area contributed by atoms with E-state index in [9.17, 15) is 14.0 Å². The SMILES string of the molecule is CN1CCN(C(=O)N(Cc2ccc(C(=O)O)cn2)c2ccccc2F)CC1. The van der Waals surface area contributed by atoms with Crippen LogP contribution in [0.15, 0.2) is 42.6 Å². The second kappa shape index (κ2) is 8.13. The van der Waals surface area contributed by atoms with Gasteiger partial charge in [-0.15, -0.1) is 0 Å². The number of para-hydroxylation sites is 1. The van der Waals surface area contributed by atoms with Crippen molar-refractivity contribution in [2.24, 2.45) is 0 Å². The Morgan fingerprint density at radius 3 is 2.44 bits per heavy atom. The number of hydrogen-bond acceptors (Lipinski definition) is 4. The van der Waals surface area contributed by atoms with Crippen molar-refractivity contribution in [3.63, 3.8) is 0 Å². The second-order valence-corrected chi connectivity index (χ2v) is 6.45. The highest BCUT2D eigenvalue weighted by atomic mass is 19.1. The van der Waals surface area contributed by atoms with E-state index in [1.54, 1.807) is 23.1 Å². The summed E-state index contributed by atoms with van der Waals surface area (Å²) in [6.45, 7) is 2.67. The number of amides is 2. The van der Waals surface area contributed by atoms with E-state index in [0.717, 1.165) is 13.1 Å². The molecule has 2 heterocycles. The molecule has 1 fully saturated rings. The molecular weight excluding hydrogens is 351 g/mol. The van der Waals surface area contributed by atoms with Crippen LogP contribution in [0.25, 0.3) is 0 Å². The zero-order valence-electron chi connectivity index (χ0n) is 15.0. The maximum Gasteiger partial charge on any atom is 0.337 e. The Labute approximate surface area is 156 Å². The highest BCUT2D eigenvalue weighted by Gasteiger charge is 2.27. The number of carboxylic acids is 1. The van der Waals surface area contributed by atoms with Gasteiger partial charge in [-0.05, 0) is 31.3 Å². The maximum atomic E-state index is 14.4. The van der Waals surface area contributed by atoms with Crippen LogP contribution in [0.4, 0.5) is 14.9 Å². The molecule has 7 nitrogen and oxygen atoms in total. The number of hydrogen-bond donors (Lipinski definition) is 1. The molecule has 1 aliphatic rings. The molecule has 1 saturated heterocycles. The minimum Gasteiger partial charge on any atom is -0.478 e. The minimum absolute atomic E-state index is 0.0476. The molecule has 0 radical (unpaired) electrons. The van der Waals surface area contributed by atoms with Crippen molar-refractivity contribution < 1.29 is 19.1 Å². The van der Waals surface area contributed by atoms with Gasteiger partial charge in [-0.3, -0.25) is 9.88 Å². The number of nitrogens with zero attached hydrogens (tertiary/aromatic N) is 4. The summed E-state index contributed by atoms with van der Waals surface area (Å²) >= 11 is 0. The molecule has 1 aliphatic heterocycles. The van der Waals surface area contributed by atoms with Crippen molar-refractivity contribution in [1.82, 2.24) is 14.8 Å². The predicted molar refractivity (Wildman–Crippen MR) is 98.2 cm³/mol. The van der Waals surface area contributed by atoms with Gasteiger partial charge in [0.05, 0.1) is 23.5 Å². The minimum atomic E-state index is -1.08. The largest absolute Gasteiger partial charge is 0.478 e. The second-order valence-electron chi connectivity index (χ2n) is 6.45. The maximum absolute atomic E-state index is 14.4. The van der Waals surface area contributed by atoms with E-state index in [1.165, 1.54) is 29.3 Å². The highest BCUT2D eigenvalue weighted by molar-refractivity contribution is 5.92. The lowest BCUT2D eigenvalue weighted by atomic mass is 10.2. The van der Waals surface area contributed by atoms with E-state index in [0.29, 0.717) is 18.8 Å². The summed E-state index contributed by atoms with van der Waals surface area (Å²) in [4.78, 5) is 33.3. The van der Waals surface area contributed by atoms with E-state index >= 15 is 0 Å². The van der Waals surface area contributed by atoms with Gasteiger partial charge >= 0.3 is 12.0 Å². The summed E-state index contributed by atoms with van der Waals surface area (Å²) in [5.41, 5.74) is 0.706. The normalized spacial score (nSPS) is 14.8. The quantitative estimate of drug-likeness (QED) is 0.891. The number of carbonyl (C=O) groups is 2. The van der Waals surface area contributed by atoms with Gasteiger partial charge in [-0.1, -0.05) is 12.1 Å². The van der Waals surface area contributed by atoms with Crippen molar-refractivity contribution in [3.8, 4) is 0 Å². The first-order chi connectivity index (χ1) is 13.0. The third-order valence-electron chi connectivity index (χ3n) is 4.54. The molecule has 2 amide bonds. The van der Waals surface area contributed by atoms with Gasteiger partial charge in [0.1, 0.15) is 5.82 Å². The number of piperazine rings is 1. The van der Waals surface area contributed by atoms with Gasteiger partial charge in [0, 0.05) is 32.4 Å². The van der Waals surface area contributed by atoms with Crippen molar-refractivity contribution in [3.05, 3.63) is 59.7 Å². The Kier molecular flexibility index (Phi) is 5.66. The number of halogens is 1. The zero-order chi connectivity index (χ0) is 19.4. The summed E-state index contributed by atoms with van der Waals surface area (Å²) in [5, 5.41) is 8.99. The molecule has 1 N–H and O–H groups in total. The summed E-state index contributed by atoms with van der Waals surface area (Å²) < 4.78 is 14.4. The number of pyridine rings is 1. The molecular formula is C19H21FN4O3. The van der Waals surface area contributed by atoms with E-state index in [4.69, 9.17) is 5.11 Å². The van der Waals surface area contributed by atoms with Gasteiger partial charge < -0.3 is 14.9 Å². The van der Waals surface area contributed by atoms with Gasteiger partial charge in [0.25, 0.3) is 0 Å². The fourth-order valence-electron chi connectivity index (χ4n) is 2.90. The van der Waals surface area contributed by atoms with Crippen LogP contribution in [0.5, 0.6) is 0 Å². The Hall–Kier alpha value is -3.00. The molecule has 1 aromatic carbocycles. The number of aromatic carboxylic acids is 1. The van der Waals surface area contributed by atoms with Crippen LogP contribution in [0.1, 0.15) is 16.1 Å². The number of rotatable bonds is 4. The van der Waals surface area contributed by atoms with Crippen LogP contribution in [0, 0.1) is 5.82 Å². The van der Waals surface area contributed by atoms with Crippen LogP contribution >= 0.6 is 0 Å². The fraction of sp³-hybridized carbons (Fsp3) is 0.316. The lowest BCUT2D eigenvalue weighted by molar-refractivity contribution is 0.0696. The van der Waals surface area contributed by atoms with Crippen LogP contribution in [-0.4, -0.2) is 65.1 Å². The molecule has 1 aromatic heterocycles. The Morgan fingerprint density at radius 1 is 1.15 bits per heavy atom. The van der Waals surface area contributed by atoms with Gasteiger partial charge in [0.15, 0.2) is 0 Å². The molecule has 0 atom stereocenters. The first kappa shape index (κ1) is 18.8. The highest BCUT2D eigenvalue weighted by Crippen LogP contribution is 2.23. The number of carbonyl (C=O) groups excluding carboxylic acids is 1. The zero-order valence-corrected chi connectivity index (χ0v) is 15.0. The molecule has 0 spiro atoms. The molecule has 0 saturated carbocycles. The third-order valence-corrected chi connectivity index (χ3v) is 4.54. The number of carboxylic acid groups (broad SMARTS) is 1. The molecule has 142 valence electrons. The Morgan fingerprint density at radius 2 is 1.85 bits per heavy atom. The van der Waals surface area contributed by atoms with Gasteiger partial charge in [-0.25, -0.2) is 14.0 Å². The van der Waals surface area contributed by atoms with Crippen LogP contribution in [0.2, 0.25) is 0 Å². The van der Waals surface area contributed by atoms with E-state index < -0.39 is 11.8 Å². The van der Waals surface area contributed by atoms with E-state index in [-0.39, 0.29) is 23.8 Å². The Balaban J connectivity index is 1.87. The molecule has 0 bridgehead atoms. The third kappa shape index (κ3) is 4.40. The lowest BCUT2D eigenvalue weighted by Crippen LogP contribution is -2.52. The van der Waals surface area contributed by atoms with E-state index in [2.05, 4.69) is 9.88 Å². The summed E-state index contributed by atoms with van der Waals surface area (Å²) in [6, 6.07) is 8.76. The van der Waals surface area contributed by atoms with Gasteiger partial charge in [-0.2, -0.15) is 0 Å². The van der Waals surface area contributed by atoms with Crippen molar-refractivity contribution in [1.29, 1.82) is 0 Å². The average Bonchev–Trinajstić information content (AvgIpc) is 2.67. The van der Waals surface area contributed by atoms with Crippen molar-refractivity contribution in [2.45, 2.75) is 6.54 Å². The predicted octanol–water partition coefficient (Wildman–Crippen LogP) is 2.29. The summed E-state index contributed by atoms with van der Waals surface area (Å²) in [6.07, 6.45) is 1.23. The number of anilines is 1. The van der Waals surface area contributed by atoms with Crippen molar-refractivity contribution >= 4 is 17.7 Å². The molecule has 0 unspecified atom stereocenters. The van der Waals surface area contributed by atoms with Gasteiger partial charge in [0.2, 0.25) is 0 Å². The lowest BCUT2D eigenvalue weighted by Gasteiger charge is -2.36.